The molecule has 0 aliphatic rings. The number of carbonyl (C=O) groups is 1. The van der Waals surface area contributed by atoms with Gasteiger partial charge in [-0.2, -0.15) is 0 Å². The van der Waals surface area contributed by atoms with Gasteiger partial charge in [-0.3, -0.25) is 4.79 Å². The lowest BCUT2D eigenvalue weighted by atomic mass is 10.2. The van der Waals surface area contributed by atoms with Crippen molar-refractivity contribution in [3.63, 3.8) is 0 Å². The van der Waals surface area contributed by atoms with Gasteiger partial charge in [-0.15, -0.1) is 0 Å². The number of esters is 1. The molecule has 6 nitrogen and oxygen atoms in total. The van der Waals surface area contributed by atoms with Crippen molar-refractivity contribution in [2.75, 3.05) is 14.2 Å². The van der Waals surface area contributed by atoms with Gasteiger partial charge in [-0.05, 0) is 35.4 Å². The van der Waals surface area contributed by atoms with Crippen LogP contribution in [-0.2, 0) is 23.2 Å². The van der Waals surface area contributed by atoms with Gasteiger partial charge in [-0.25, -0.2) is 4.79 Å². The molecule has 2 aromatic rings. The van der Waals surface area contributed by atoms with Crippen molar-refractivity contribution in [1.29, 1.82) is 0 Å². The Bertz CT molecular complexity index is 807. The molecule has 24 heavy (non-hydrogen) atoms. The van der Waals surface area contributed by atoms with Gasteiger partial charge < -0.3 is 18.8 Å². The van der Waals surface area contributed by atoms with E-state index in [4.69, 9.17) is 9.47 Å². The maximum atomic E-state index is 11.6. The number of aromatic nitrogens is 1. The summed E-state index contributed by atoms with van der Waals surface area (Å²) in [6, 6.07) is 8.64. The number of benzene rings is 1. The van der Waals surface area contributed by atoms with Crippen molar-refractivity contribution in [3.05, 3.63) is 64.1 Å². The number of nitrogens with zero attached hydrogens (tertiary/aromatic N) is 1. The number of hydrogen-bond acceptors (Lipinski definition) is 5. The van der Waals surface area contributed by atoms with Gasteiger partial charge in [0.2, 0.25) is 0 Å². The van der Waals surface area contributed by atoms with E-state index in [0.717, 1.165) is 11.1 Å². The first kappa shape index (κ1) is 17.3. The maximum Gasteiger partial charge on any atom is 0.330 e. The molecular weight excluding hydrogens is 310 g/mol. The summed E-state index contributed by atoms with van der Waals surface area (Å²) >= 11 is 0. The van der Waals surface area contributed by atoms with Crippen LogP contribution in [0.2, 0.25) is 0 Å². The number of rotatable bonds is 6. The molecule has 6 heteroatoms. The SMILES string of the molecule is COC(=O)/C=C/c1ccc(OCc2ccn(C)c(=O)c2)c(OC)c1. The van der Waals surface area contributed by atoms with Gasteiger partial charge in [0.05, 0.1) is 14.2 Å². The largest absolute Gasteiger partial charge is 0.493 e. The fourth-order valence-corrected chi connectivity index (χ4v) is 1.98. The van der Waals surface area contributed by atoms with Gasteiger partial charge in [0.15, 0.2) is 11.5 Å². The van der Waals surface area contributed by atoms with E-state index in [2.05, 4.69) is 4.74 Å². The summed E-state index contributed by atoms with van der Waals surface area (Å²) in [6.07, 6.45) is 4.65. The minimum Gasteiger partial charge on any atom is -0.493 e. The summed E-state index contributed by atoms with van der Waals surface area (Å²) in [4.78, 5) is 22.7. The highest BCUT2D eigenvalue weighted by molar-refractivity contribution is 5.87. The van der Waals surface area contributed by atoms with E-state index in [1.54, 1.807) is 37.5 Å². The molecule has 0 unspecified atom stereocenters. The topological polar surface area (TPSA) is 66.8 Å². The molecule has 0 bridgehead atoms. The molecule has 0 N–H and O–H groups in total. The van der Waals surface area contributed by atoms with Gasteiger partial charge in [0, 0.05) is 25.4 Å². The van der Waals surface area contributed by atoms with Gasteiger partial charge >= 0.3 is 5.97 Å². The van der Waals surface area contributed by atoms with Crippen LogP contribution in [0.4, 0.5) is 0 Å². The van der Waals surface area contributed by atoms with E-state index in [1.165, 1.54) is 30.9 Å². The quantitative estimate of drug-likeness (QED) is 0.600. The van der Waals surface area contributed by atoms with Crippen LogP contribution in [0.3, 0.4) is 0 Å². The van der Waals surface area contributed by atoms with Gasteiger partial charge in [0.1, 0.15) is 6.61 Å². The van der Waals surface area contributed by atoms with Crippen LogP contribution in [0.5, 0.6) is 11.5 Å². The first-order chi connectivity index (χ1) is 11.5. The third-order valence-corrected chi connectivity index (χ3v) is 3.36. The van der Waals surface area contributed by atoms with Crippen LogP contribution < -0.4 is 15.0 Å². The van der Waals surface area contributed by atoms with Crippen LogP contribution in [0.1, 0.15) is 11.1 Å². The van der Waals surface area contributed by atoms with Crippen molar-refractivity contribution < 1.29 is 19.0 Å². The van der Waals surface area contributed by atoms with Crippen molar-refractivity contribution in [3.8, 4) is 11.5 Å². The van der Waals surface area contributed by atoms with E-state index < -0.39 is 5.97 Å². The average Bonchev–Trinajstić information content (AvgIpc) is 2.60. The predicted molar refractivity (Wildman–Crippen MR) is 90.1 cm³/mol. The molecule has 2 rings (SSSR count). The fourth-order valence-electron chi connectivity index (χ4n) is 1.98. The highest BCUT2D eigenvalue weighted by Gasteiger charge is 2.06. The zero-order chi connectivity index (χ0) is 17.5. The number of ether oxygens (including phenoxy) is 3. The second-order valence-electron chi connectivity index (χ2n) is 5.04. The first-order valence-electron chi connectivity index (χ1n) is 7.26. The Morgan fingerprint density at radius 2 is 1.96 bits per heavy atom. The van der Waals surface area contributed by atoms with Crippen LogP contribution in [0.15, 0.2) is 47.4 Å². The minimum absolute atomic E-state index is 0.0913. The predicted octanol–water partition coefficient (Wildman–Crippen LogP) is 2.16. The number of methoxy groups -OCH3 is 2. The molecule has 0 aliphatic heterocycles. The smallest absolute Gasteiger partial charge is 0.330 e. The van der Waals surface area contributed by atoms with Crippen molar-refractivity contribution in [2.24, 2.45) is 7.05 Å². The lowest BCUT2D eigenvalue weighted by Crippen LogP contribution is -2.15. The molecule has 0 fully saturated rings. The molecule has 0 saturated carbocycles. The number of carbonyl (C=O) groups excluding carboxylic acids is 1. The lowest BCUT2D eigenvalue weighted by molar-refractivity contribution is -0.134. The molecular formula is C18H19NO5. The Kier molecular flexibility index (Phi) is 5.78. The van der Waals surface area contributed by atoms with Crippen molar-refractivity contribution in [2.45, 2.75) is 6.61 Å². The standard InChI is InChI=1S/C18H19NO5/c1-19-9-8-14(11-17(19)20)12-24-15-6-4-13(10-16(15)22-2)5-7-18(21)23-3/h4-11H,12H2,1-3H3/b7-5+. The molecule has 1 heterocycles. The summed E-state index contributed by atoms with van der Waals surface area (Å²) < 4.78 is 17.1. The Hall–Kier alpha value is -3.02. The van der Waals surface area contributed by atoms with Crippen LogP contribution >= 0.6 is 0 Å². The van der Waals surface area contributed by atoms with Crippen LogP contribution in [-0.4, -0.2) is 24.8 Å². The van der Waals surface area contributed by atoms with E-state index in [0.29, 0.717) is 11.5 Å². The highest BCUT2D eigenvalue weighted by Crippen LogP contribution is 2.29. The summed E-state index contributed by atoms with van der Waals surface area (Å²) in [7, 11) is 4.55. The molecule has 1 aromatic carbocycles. The molecule has 1 aromatic heterocycles. The Labute approximate surface area is 139 Å². The van der Waals surface area contributed by atoms with Gasteiger partial charge in [-0.1, -0.05) is 6.07 Å². The number of aryl methyl sites for hydroxylation is 1. The summed E-state index contributed by atoms with van der Waals surface area (Å²) in [5, 5.41) is 0. The van der Waals surface area contributed by atoms with Crippen LogP contribution in [0.25, 0.3) is 6.08 Å². The maximum absolute atomic E-state index is 11.6. The molecule has 0 spiro atoms. The molecule has 0 atom stereocenters. The third kappa shape index (κ3) is 4.49. The second kappa shape index (κ2) is 8.01. The molecule has 0 aliphatic carbocycles. The van der Waals surface area contributed by atoms with E-state index in [1.807, 2.05) is 6.07 Å². The van der Waals surface area contributed by atoms with E-state index in [-0.39, 0.29) is 12.2 Å². The van der Waals surface area contributed by atoms with E-state index >= 15 is 0 Å². The van der Waals surface area contributed by atoms with Crippen LogP contribution in [0, 0.1) is 0 Å². The summed E-state index contributed by atoms with van der Waals surface area (Å²) in [5.74, 6) is 0.652. The Morgan fingerprint density at radius 3 is 2.62 bits per heavy atom. The van der Waals surface area contributed by atoms with Crippen molar-refractivity contribution in [1.82, 2.24) is 4.57 Å². The highest BCUT2D eigenvalue weighted by atomic mass is 16.5. The normalized spacial score (nSPS) is 10.6. The zero-order valence-electron chi connectivity index (χ0n) is 13.8. The second-order valence-corrected chi connectivity index (χ2v) is 5.04. The fraction of sp³-hybridized carbons (Fsp3) is 0.222. The number of pyridine rings is 1. The van der Waals surface area contributed by atoms with Crippen molar-refractivity contribution >= 4 is 12.0 Å². The first-order valence-corrected chi connectivity index (χ1v) is 7.26. The average molecular weight is 329 g/mol. The monoisotopic (exact) mass is 329 g/mol. The van der Waals surface area contributed by atoms with Gasteiger partial charge in [0.25, 0.3) is 5.56 Å². The number of hydrogen-bond donors (Lipinski definition) is 0. The zero-order valence-corrected chi connectivity index (χ0v) is 13.8. The summed E-state index contributed by atoms with van der Waals surface area (Å²) in [5.41, 5.74) is 1.46. The minimum atomic E-state index is -0.431. The van der Waals surface area contributed by atoms with E-state index in [9.17, 15) is 9.59 Å². The summed E-state index contributed by atoms with van der Waals surface area (Å²) in [6.45, 7) is 0.254. The third-order valence-electron chi connectivity index (χ3n) is 3.36. The Balaban J connectivity index is 2.12. The lowest BCUT2D eigenvalue weighted by Gasteiger charge is -2.11. The Morgan fingerprint density at radius 1 is 1.17 bits per heavy atom. The molecule has 0 amide bonds. The molecule has 0 saturated heterocycles. The molecule has 126 valence electrons. The molecule has 0 radical (unpaired) electrons.